The number of hydrogen-bond acceptors (Lipinski definition) is 2. The van der Waals surface area contributed by atoms with Crippen LogP contribution in [0.15, 0.2) is 24.3 Å². The Bertz CT molecular complexity index is 245. The molecule has 0 aliphatic carbocycles. The molecule has 0 aromatic heterocycles. The van der Waals surface area contributed by atoms with E-state index in [4.69, 9.17) is 10.8 Å². The van der Waals surface area contributed by atoms with Gasteiger partial charge in [0.15, 0.2) is 0 Å². The fraction of sp³-hybridized carbons (Fsp3) is 0. The molecule has 0 heterocycles. The summed E-state index contributed by atoms with van der Waals surface area (Å²) in [5, 5.41) is 8.43. The number of anilines is 1. The van der Waals surface area contributed by atoms with Gasteiger partial charge in [-0.05, 0) is 24.3 Å². The zero-order valence-corrected chi connectivity index (χ0v) is 7.30. The Hall–Kier alpha value is -0.796. The summed E-state index contributed by atoms with van der Waals surface area (Å²) in [5.74, 6) is -0.931. The summed E-state index contributed by atoms with van der Waals surface area (Å²) in [6.07, 6.45) is 0. The number of carboxylic acids is 1. The number of carbonyl (C=O) groups is 1. The van der Waals surface area contributed by atoms with Gasteiger partial charge in [-0.15, -0.1) is 0 Å². The molecule has 0 atom stereocenters. The minimum Gasteiger partial charge on any atom is -0.478 e. The van der Waals surface area contributed by atoms with Gasteiger partial charge >= 0.3 is 5.97 Å². The van der Waals surface area contributed by atoms with E-state index in [-0.39, 0.29) is 27.3 Å². The Kier molecular flexibility index (Phi) is 3.86. The van der Waals surface area contributed by atoms with E-state index in [0.29, 0.717) is 5.69 Å². The second-order valence-corrected chi connectivity index (χ2v) is 1.93. The molecule has 1 rings (SSSR count). The Balaban J connectivity index is 0.000001000. The molecule has 0 bridgehead atoms. The van der Waals surface area contributed by atoms with Crippen molar-refractivity contribution in [2.45, 2.75) is 0 Å². The predicted molar refractivity (Wildman–Crippen MR) is 37.8 cm³/mol. The number of benzene rings is 1. The number of nitrogen functional groups attached to an aromatic ring is 1. The molecule has 3 nitrogen and oxygen atoms in total. The molecule has 11 heavy (non-hydrogen) atoms. The maximum absolute atomic E-state index is 10.3. The molecule has 0 spiro atoms. The first kappa shape index (κ1) is 10.2. The van der Waals surface area contributed by atoms with E-state index in [1.165, 1.54) is 12.1 Å². The van der Waals surface area contributed by atoms with Crippen molar-refractivity contribution >= 4 is 11.7 Å². The van der Waals surface area contributed by atoms with Gasteiger partial charge in [-0.2, -0.15) is 0 Å². The molecule has 0 amide bonds. The average Bonchev–Trinajstić information content (AvgIpc) is 1.88. The first-order valence-corrected chi connectivity index (χ1v) is 2.79. The fourth-order valence-corrected chi connectivity index (χ4v) is 0.626. The van der Waals surface area contributed by atoms with E-state index in [2.05, 4.69) is 0 Å². The number of carboxylic acid groups (broad SMARTS) is 1. The number of nitrogens with two attached hydrogens (primary N) is 1. The zero-order chi connectivity index (χ0) is 7.56. The van der Waals surface area contributed by atoms with Crippen molar-refractivity contribution < 1.29 is 31.6 Å². The smallest absolute Gasteiger partial charge is 0.335 e. The Morgan fingerprint density at radius 1 is 1.27 bits per heavy atom. The molecule has 0 saturated carbocycles. The molecular weight excluding hydrogens is 178 g/mol. The van der Waals surface area contributed by atoms with E-state index in [1.54, 1.807) is 12.1 Å². The Morgan fingerprint density at radius 3 is 2.09 bits per heavy atom. The molecule has 0 fully saturated rings. The van der Waals surface area contributed by atoms with E-state index >= 15 is 0 Å². The topological polar surface area (TPSA) is 63.3 Å². The van der Waals surface area contributed by atoms with Gasteiger partial charge in [0, 0.05) is 27.4 Å². The van der Waals surface area contributed by atoms with Crippen LogP contribution in [0.5, 0.6) is 0 Å². The summed E-state index contributed by atoms with van der Waals surface area (Å²) in [4.78, 5) is 10.3. The quantitative estimate of drug-likeness (QED) is 0.505. The third kappa shape index (κ3) is 2.74. The van der Waals surface area contributed by atoms with Crippen LogP contribution < -0.4 is 5.73 Å². The van der Waals surface area contributed by atoms with Gasteiger partial charge in [-0.1, -0.05) is 0 Å². The van der Waals surface area contributed by atoms with Gasteiger partial charge in [0.25, 0.3) is 0 Å². The Morgan fingerprint density at radius 2 is 1.73 bits per heavy atom. The van der Waals surface area contributed by atoms with Crippen molar-refractivity contribution in [3.63, 3.8) is 0 Å². The van der Waals surface area contributed by atoms with Crippen LogP contribution in [0.2, 0.25) is 0 Å². The van der Waals surface area contributed by atoms with E-state index in [9.17, 15) is 4.79 Å². The third-order valence-corrected chi connectivity index (χ3v) is 1.16. The van der Waals surface area contributed by atoms with Gasteiger partial charge in [-0.3, -0.25) is 0 Å². The first-order chi connectivity index (χ1) is 4.70. The fourth-order valence-electron chi connectivity index (χ4n) is 0.626. The zero-order valence-electron chi connectivity index (χ0n) is 5.74. The minimum atomic E-state index is -0.931. The normalized spacial score (nSPS) is 8.36. The molecule has 0 aliphatic rings. The molecule has 1 aromatic carbocycles. The van der Waals surface area contributed by atoms with Crippen LogP contribution in [0.1, 0.15) is 10.4 Å². The summed E-state index contributed by atoms with van der Waals surface area (Å²) < 4.78 is 0. The summed E-state index contributed by atoms with van der Waals surface area (Å²) >= 11 is 0. The molecule has 3 N–H and O–H groups in total. The molecule has 0 unspecified atom stereocenters. The summed E-state index contributed by atoms with van der Waals surface area (Å²) in [5.41, 5.74) is 6.17. The second kappa shape index (κ2) is 4.16. The van der Waals surface area contributed by atoms with Crippen molar-refractivity contribution in [3.8, 4) is 0 Å². The van der Waals surface area contributed by atoms with Crippen molar-refractivity contribution in [3.05, 3.63) is 29.8 Å². The Labute approximate surface area is 79.1 Å². The van der Waals surface area contributed by atoms with Crippen molar-refractivity contribution in [2.75, 3.05) is 5.73 Å². The second-order valence-electron chi connectivity index (χ2n) is 1.93. The van der Waals surface area contributed by atoms with Crippen molar-refractivity contribution in [2.24, 2.45) is 0 Å². The SMILES string of the molecule is Nc1ccc(C(=O)O)cc1.[Ti]. The van der Waals surface area contributed by atoms with Crippen LogP contribution in [0.3, 0.4) is 0 Å². The van der Waals surface area contributed by atoms with Gasteiger partial charge < -0.3 is 10.8 Å². The van der Waals surface area contributed by atoms with Crippen LogP contribution >= 0.6 is 0 Å². The van der Waals surface area contributed by atoms with Crippen molar-refractivity contribution in [1.29, 1.82) is 0 Å². The molecule has 0 aliphatic heterocycles. The standard InChI is InChI=1S/C7H7NO2.Ti/c8-6-3-1-5(2-4-6)7(9)10;/h1-4H,8H2,(H,9,10);. The van der Waals surface area contributed by atoms with Crippen LogP contribution in [0.4, 0.5) is 5.69 Å². The van der Waals surface area contributed by atoms with Crippen LogP contribution in [0, 0.1) is 0 Å². The largest absolute Gasteiger partial charge is 0.478 e. The minimum absolute atomic E-state index is 0. The van der Waals surface area contributed by atoms with E-state index in [0.717, 1.165) is 0 Å². The summed E-state index contributed by atoms with van der Waals surface area (Å²) in [6.45, 7) is 0. The molecular formula is C7H7NO2Ti. The number of hydrogen-bond donors (Lipinski definition) is 2. The van der Waals surface area contributed by atoms with Gasteiger partial charge in [0.05, 0.1) is 5.56 Å². The number of rotatable bonds is 1. The van der Waals surface area contributed by atoms with Crippen LogP contribution in [0.25, 0.3) is 0 Å². The van der Waals surface area contributed by atoms with E-state index < -0.39 is 5.97 Å². The van der Waals surface area contributed by atoms with Gasteiger partial charge in [-0.25, -0.2) is 4.79 Å². The maximum Gasteiger partial charge on any atom is 0.335 e. The van der Waals surface area contributed by atoms with Crippen molar-refractivity contribution in [1.82, 2.24) is 0 Å². The average molecular weight is 185 g/mol. The third-order valence-electron chi connectivity index (χ3n) is 1.16. The van der Waals surface area contributed by atoms with Crippen LogP contribution in [-0.2, 0) is 21.7 Å². The summed E-state index contributed by atoms with van der Waals surface area (Å²) in [7, 11) is 0. The number of aromatic carboxylic acids is 1. The van der Waals surface area contributed by atoms with Crippen LogP contribution in [-0.4, -0.2) is 11.1 Å². The predicted octanol–water partition coefficient (Wildman–Crippen LogP) is 0.965. The molecule has 56 valence electrons. The maximum atomic E-state index is 10.3. The summed E-state index contributed by atoms with van der Waals surface area (Å²) in [6, 6.07) is 6.06. The molecule has 4 heteroatoms. The monoisotopic (exact) mass is 185 g/mol. The van der Waals surface area contributed by atoms with Gasteiger partial charge in [0.2, 0.25) is 0 Å². The van der Waals surface area contributed by atoms with E-state index in [1.807, 2.05) is 0 Å². The van der Waals surface area contributed by atoms with Gasteiger partial charge in [0.1, 0.15) is 0 Å². The molecule has 1 aromatic rings. The molecule has 0 saturated heterocycles. The first-order valence-electron chi connectivity index (χ1n) is 2.79. The molecule has 0 radical (unpaired) electrons.